The summed E-state index contributed by atoms with van der Waals surface area (Å²) in [6, 6.07) is 3.75. The zero-order chi connectivity index (χ0) is 20.4. The monoisotopic (exact) mass is 387 g/mol. The molecule has 0 bridgehead atoms. The molecule has 28 heavy (non-hydrogen) atoms. The van der Waals surface area contributed by atoms with E-state index in [1.807, 2.05) is 24.9 Å². The summed E-state index contributed by atoms with van der Waals surface area (Å²) >= 11 is 0. The van der Waals surface area contributed by atoms with Crippen molar-refractivity contribution in [3.8, 4) is 5.75 Å². The molecule has 3 rings (SSSR count). The van der Waals surface area contributed by atoms with Gasteiger partial charge in [-0.3, -0.25) is 4.79 Å². The van der Waals surface area contributed by atoms with Crippen molar-refractivity contribution in [2.24, 2.45) is 11.8 Å². The Balaban J connectivity index is 1.67. The number of benzene rings is 1. The Bertz CT molecular complexity index is 695. The predicted molar refractivity (Wildman–Crippen MR) is 113 cm³/mol. The van der Waals surface area contributed by atoms with E-state index in [1.54, 1.807) is 6.07 Å². The third-order valence-corrected chi connectivity index (χ3v) is 6.85. The van der Waals surface area contributed by atoms with Crippen LogP contribution in [-0.2, 0) is 17.8 Å². The van der Waals surface area contributed by atoms with E-state index in [0.29, 0.717) is 24.6 Å². The van der Waals surface area contributed by atoms with Crippen LogP contribution in [0.5, 0.6) is 5.75 Å². The quantitative estimate of drug-likeness (QED) is 0.816. The summed E-state index contributed by atoms with van der Waals surface area (Å²) in [5.41, 5.74) is 3.23. The molecule has 1 aromatic rings. The van der Waals surface area contributed by atoms with E-state index in [1.165, 1.54) is 18.4 Å². The average molecular weight is 388 g/mol. The van der Waals surface area contributed by atoms with Crippen LogP contribution in [0.2, 0.25) is 0 Å². The van der Waals surface area contributed by atoms with Gasteiger partial charge in [-0.1, -0.05) is 26.8 Å². The van der Waals surface area contributed by atoms with E-state index in [4.69, 9.17) is 0 Å². The van der Waals surface area contributed by atoms with Crippen molar-refractivity contribution in [2.75, 3.05) is 26.7 Å². The molecule has 1 fully saturated rings. The summed E-state index contributed by atoms with van der Waals surface area (Å²) in [4.78, 5) is 17.8. The van der Waals surface area contributed by atoms with Crippen LogP contribution in [-0.4, -0.2) is 59.6 Å². The second kappa shape index (κ2) is 8.83. The number of nitrogens with one attached hydrogen (secondary N) is 1. The maximum Gasteiger partial charge on any atom is 0.240 e. The normalized spacial score (nSPS) is 22.1. The fourth-order valence-electron chi connectivity index (χ4n) is 4.63. The van der Waals surface area contributed by atoms with Crippen molar-refractivity contribution in [1.82, 2.24) is 15.1 Å². The predicted octanol–water partition coefficient (Wildman–Crippen LogP) is 2.93. The summed E-state index contributed by atoms with van der Waals surface area (Å²) < 4.78 is 0. The Labute approximate surface area is 170 Å². The molecule has 2 heterocycles. The average Bonchev–Trinajstić information content (AvgIpc) is 2.68. The Morgan fingerprint density at radius 2 is 2.00 bits per heavy atom. The van der Waals surface area contributed by atoms with Crippen LogP contribution in [0.25, 0.3) is 0 Å². The molecule has 1 amide bonds. The smallest absolute Gasteiger partial charge is 0.240 e. The molecule has 1 aromatic carbocycles. The van der Waals surface area contributed by atoms with Crippen molar-refractivity contribution in [1.29, 1.82) is 0 Å². The standard InChI is InChI=1S/C23H37N3O2/c1-15(2)21(14-26-10-8-16(3)9-11-26)25(5)23(28)20-12-18-6-7-22(27)17(4)19(18)13-24-20/h6-7,15-16,20-21,24,27H,8-14H2,1-5H3/t20-,21-/m1/s1. The number of fused-ring (bicyclic) bond motifs is 1. The number of piperidine rings is 1. The number of likely N-dealkylation sites (tertiary alicyclic amines) is 1. The van der Waals surface area contributed by atoms with Crippen molar-refractivity contribution in [3.05, 3.63) is 28.8 Å². The lowest BCUT2D eigenvalue weighted by atomic mass is 9.91. The zero-order valence-corrected chi connectivity index (χ0v) is 18.2. The summed E-state index contributed by atoms with van der Waals surface area (Å²) in [6.45, 7) is 12.6. The molecular formula is C23H37N3O2. The highest BCUT2D eigenvalue weighted by atomic mass is 16.3. The molecule has 2 aliphatic heterocycles. The molecule has 1 saturated heterocycles. The Kier molecular flexibility index (Phi) is 6.66. The van der Waals surface area contributed by atoms with Crippen molar-refractivity contribution >= 4 is 5.91 Å². The molecule has 0 saturated carbocycles. The maximum absolute atomic E-state index is 13.3. The number of aromatic hydroxyl groups is 1. The van der Waals surface area contributed by atoms with Crippen LogP contribution in [0, 0.1) is 18.8 Å². The number of hydrogen-bond acceptors (Lipinski definition) is 4. The molecule has 2 N–H and O–H groups in total. The number of rotatable bonds is 5. The number of hydrogen-bond donors (Lipinski definition) is 2. The van der Waals surface area contributed by atoms with Gasteiger partial charge in [0.1, 0.15) is 5.75 Å². The lowest BCUT2D eigenvalue weighted by molar-refractivity contribution is -0.135. The number of phenols is 1. The highest BCUT2D eigenvalue weighted by Crippen LogP contribution is 2.28. The van der Waals surface area contributed by atoms with Crippen molar-refractivity contribution in [3.63, 3.8) is 0 Å². The second-order valence-electron chi connectivity index (χ2n) is 9.23. The highest BCUT2D eigenvalue weighted by molar-refractivity contribution is 5.82. The van der Waals surface area contributed by atoms with Crippen LogP contribution in [0.4, 0.5) is 0 Å². The fraction of sp³-hybridized carbons (Fsp3) is 0.696. The molecule has 0 unspecified atom stereocenters. The first kappa shape index (κ1) is 21.1. The van der Waals surface area contributed by atoms with Crippen LogP contribution in [0.15, 0.2) is 12.1 Å². The molecule has 0 radical (unpaired) electrons. The van der Waals surface area contributed by atoms with Gasteiger partial charge < -0.3 is 20.2 Å². The number of phenolic OH excluding ortho intramolecular Hbond substituents is 1. The van der Waals surface area contributed by atoms with Crippen LogP contribution < -0.4 is 5.32 Å². The van der Waals surface area contributed by atoms with Crippen molar-refractivity contribution in [2.45, 2.75) is 65.6 Å². The van der Waals surface area contributed by atoms with E-state index in [0.717, 1.165) is 36.7 Å². The summed E-state index contributed by atoms with van der Waals surface area (Å²) in [6.07, 6.45) is 3.21. The second-order valence-corrected chi connectivity index (χ2v) is 9.23. The third-order valence-electron chi connectivity index (χ3n) is 6.85. The number of carbonyl (C=O) groups is 1. The number of carbonyl (C=O) groups excluding carboxylic acids is 1. The number of nitrogens with zero attached hydrogens (tertiary/aromatic N) is 2. The topological polar surface area (TPSA) is 55.8 Å². The van der Waals surface area contributed by atoms with E-state index >= 15 is 0 Å². The van der Waals surface area contributed by atoms with Gasteiger partial charge in [0.05, 0.1) is 6.04 Å². The van der Waals surface area contributed by atoms with Gasteiger partial charge in [0.2, 0.25) is 5.91 Å². The highest BCUT2D eigenvalue weighted by Gasteiger charge is 2.33. The lowest BCUT2D eigenvalue weighted by Gasteiger charge is -2.40. The number of likely N-dealkylation sites (N-methyl/N-ethyl adjacent to an activating group) is 1. The minimum absolute atomic E-state index is 0.181. The molecule has 2 atom stereocenters. The summed E-state index contributed by atoms with van der Waals surface area (Å²) in [7, 11) is 1.97. The lowest BCUT2D eigenvalue weighted by Crippen LogP contribution is -2.55. The van der Waals surface area contributed by atoms with E-state index in [2.05, 4.69) is 31.0 Å². The zero-order valence-electron chi connectivity index (χ0n) is 18.2. The Morgan fingerprint density at radius 3 is 2.64 bits per heavy atom. The maximum atomic E-state index is 13.3. The first-order chi connectivity index (χ1) is 13.3. The van der Waals surface area contributed by atoms with Crippen LogP contribution in [0.1, 0.15) is 50.3 Å². The molecular weight excluding hydrogens is 350 g/mol. The Hall–Kier alpha value is -1.59. The first-order valence-electron chi connectivity index (χ1n) is 10.8. The van der Waals surface area contributed by atoms with E-state index in [-0.39, 0.29) is 18.0 Å². The molecule has 5 nitrogen and oxygen atoms in total. The molecule has 2 aliphatic rings. The minimum Gasteiger partial charge on any atom is -0.508 e. The molecule has 0 spiro atoms. The summed E-state index contributed by atoms with van der Waals surface area (Å²) in [5.74, 6) is 1.75. The third kappa shape index (κ3) is 4.52. The van der Waals surface area contributed by atoms with Crippen LogP contribution >= 0.6 is 0 Å². The van der Waals surface area contributed by atoms with Gasteiger partial charge in [-0.15, -0.1) is 0 Å². The summed E-state index contributed by atoms with van der Waals surface area (Å²) in [5, 5.41) is 13.3. The van der Waals surface area contributed by atoms with Gasteiger partial charge in [-0.05, 0) is 73.9 Å². The van der Waals surface area contributed by atoms with Gasteiger partial charge >= 0.3 is 0 Å². The van der Waals surface area contributed by atoms with E-state index < -0.39 is 0 Å². The fourth-order valence-corrected chi connectivity index (χ4v) is 4.63. The molecule has 0 aliphatic carbocycles. The number of amides is 1. The van der Waals surface area contributed by atoms with Gasteiger partial charge in [0.25, 0.3) is 0 Å². The van der Waals surface area contributed by atoms with Gasteiger partial charge in [-0.2, -0.15) is 0 Å². The van der Waals surface area contributed by atoms with Crippen LogP contribution in [0.3, 0.4) is 0 Å². The first-order valence-corrected chi connectivity index (χ1v) is 10.8. The largest absolute Gasteiger partial charge is 0.508 e. The Morgan fingerprint density at radius 1 is 1.32 bits per heavy atom. The minimum atomic E-state index is -0.191. The van der Waals surface area contributed by atoms with Gasteiger partial charge in [0.15, 0.2) is 0 Å². The van der Waals surface area contributed by atoms with E-state index in [9.17, 15) is 9.90 Å². The molecule has 5 heteroatoms. The molecule has 0 aromatic heterocycles. The molecule has 156 valence electrons. The van der Waals surface area contributed by atoms with Crippen molar-refractivity contribution < 1.29 is 9.90 Å². The van der Waals surface area contributed by atoms with Gasteiger partial charge in [-0.25, -0.2) is 0 Å². The van der Waals surface area contributed by atoms with Gasteiger partial charge in [0, 0.05) is 26.2 Å². The SMILES string of the molecule is Cc1c(O)ccc2c1CN[C@@H](C(=O)N(C)[C@H](CN1CCC(C)CC1)C(C)C)C2.